The molecule has 0 heterocycles. The van der Waals surface area contributed by atoms with Gasteiger partial charge in [0, 0.05) is 6.54 Å². The summed E-state index contributed by atoms with van der Waals surface area (Å²) in [6.07, 6.45) is -1.06. The SMILES string of the molecule is COc1ccc(CC(=O)NCC(O)c2ccc(F)c(F)c2)cc1OC. The zero-order valence-corrected chi connectivity index (χ0v) is 13.9. The lowest BCUT2D eigenvalue weighted by molar-refractivity contribution is -0.120. The molecule has 1 unspecified atom stereocenters. The average molecular weight is 351 g/mol. The van der Waals surface area contributed by atoms with E-state index in [4.69, 9.17) is 9.47 Å². The number of carbonyl (C=O) groups excluding carboxylic acids is 1. The maximum Gasteiger partial charge on any atom is 0.224 e. The van der Waals surface area contributed by atoms with Crippen molar-refractivity contribution in [3.63, 3.8) is 0 Å². The first-order valence-electron chi connectivity index (χ1n) is 7.55. The van der Waals surface area contributed by atoms with Crippen LogP contribution in [0.5, 0.6) is 11.5 Å². The predicted octanol–water partition coefficient (Wildman–Crippen LogP) is 2.37. The van der Waals surface area contributed by atoms with Gasteiger partial charge in [-0.1, -0.05) is 12.1 Å². The number of benzene rings is 2. The Balaban J connectivity index is 1.93. The fourth-order valence-corrected chi connectivity index (χ4v) is 2.29. The molecule has 1 atom stereocenters. The van der Waals surface area contributed by atoms with Gasteiger partial charge in [-0.3, -0.25) is 4.79 Å². The minimum Gasteiger partial charge on any atom is -0.493 e. The van der Waals surface area contributed by atoms with Crippen molar-refractivity contribution in [3.05, 3.63) is 59.2 Å². The van der Waals surface area contributed by atoms with E-state index in [1.807, 2.05) is 0 Å². The molecular weight excluding hydrogens is 332 g/mol. The number of carbonyl (C=O) groups is 1. The van der Waals surface area contributed by atoms with Crippen molar-refractivity contribution in [1.29, 1.82) is 0 Å². The molecule has 0 radical (unpaired) electrons. The first-order valence-corrected chi connectivity index (χ1v) is 7.55. The zero-order valence-electron chi connectivity index (χ0n) is 13.9. The van der Waals surface area contributed by atoms with Crippen LogP contribution in [0.25, 0.3) is 0 Å². The third-order valence-electron chi connectivity index (χ3n) is 3.63. The number of nitrogens with one attached hydrogen (secondary N) is 1. The Labute approximate surface area is 144 Å². The van der Waals surface area contributed by atoms with Gasteiger partial charge in [0.15, 0.2) is 23.1 Å². The molecule has 2 aromatic rings. The third kappa shape index (κ3) is 4.90. The summed E-state index contributed by atoms with van der Waals surface area (Å²) in [6, 6.07) is 8.21. The molecule has 0 saturated carbocycles. The molecule has 25 heavy (non-hydrogen) atoms. The van der Waals surface area contributed by atoms with Crippen molar-refractivity contribution < 1.29 is 28.2 Å². The first-order chi connectivity index (χ1) is 11.9. The normalized spacial score (nSPS) is 11.7. The summed E-state index contributed by atoms with van der Waals surface area (Å²) in [5.74, 6) is -1.30. The van der Waals surface area contributed by atoms with E-state index in [0.717, 1.165) is 12.1 Å². The minimum absolute atomic E-state index is 0.0743. The second-order valence-corrected chi connectivity index (χ2v) is 5.36. The number of hydrogen-bond acceptors (Lipinski definition) is 4. The lowest BCUT2D eigenvalue weighted by Gasteiger charge is -2.13. The standard InChI is InChI=1S/C18H19F2NO4/c1-24-16-6-3-11(7-17(16)25-2)8-18(23)21-10-15(22)12-4-5-13(19)14(20)9-12/h3-7,9,15,22H,8,10H2,1-2H3,(H,21,23). The van der Waals surface area contributed by atoms with Crippen LogP contribution in [0.15, 0.2) is 36.4 Å². The highest BCUT2D eigenvalue weighted by Gasteiger charge is 2.13. The predicted molar refractivity (Wildman–Crippen MR) is 87.6 cm³/mol. The van der Waals surface area contributed by atoms with Crippen LogP contribution in [0, 0.1) is 11.6 Å². The number of aliphatic hydroxyl groups excluding tert-OH is 1. The van der Waals surface area contributed by atoms with E-state index < -0.39 is 17.7 Å². The number of halogens is 2. The summed E-state index contributed by atoms with van der Waals surface area (Å²) in [5, 5.41) is 12.5. The van der Waals surface area contributed by atoms with E-state index >= 15 is 0 Å². The van der Waals surface area contributed by atoms with Gasteiger partial charge >= 0.3 is 0 Å². The van der Waals surface area contributed by atoms with Gasteiger partial charge in [0.1, 0.15) is 0 Å². The lowest BCUT2D eigenvalue weighted by atomic mass is 10.1. The van der Waals surface area contributed by atoms with E-state index in [0.29, 0.717) is 17.1 Å². The Morgan fingerprint density at radius 2 is 1.80 bits per heavy atom. The number of methoxy groups -OCH3 is 2. The molecular formula is C18H19F2NO4. The second-order valence-electron chi connectivity index (χ2n) is 5.36. The fourth-order valence-electron chi connectivity index (χ4n) is 2.29. The highest BCUT2D eigenvalue weighted by molar-refractivity contribution is 5.78. The molecule has 7 heteroatoms. The molecule has 0 aliphatic carbocycles. The van der Waals surface area contributed by atoms with Gasteiger partial charge in [-0.15, -0.1) is 0 Å². The van der Waals surface area contributed by atoms with E-state index in [9.17, 15) is 18.7 Å². The number of amides is 1. The topological polar surface area (TPSA) is 67.8 Å². The molecule has 5 nitrogen and oxygen atoms in total. The van der Waals surface area contributed by atoms with Crippen LogP contribution in [0.4, 0.5) is 8.78 Å². The van der Waals surface area contributed by atoms with E-state index in [1.54, 1.807) is 18.2 Å². The van der Waals surface area contributed by atoms with Gasteiger partial charge in [0.05, 0.1) is 26.7 Å². The molecule has 0 aliphatic heterocycles. The van der Waals surface area contributed by atoms with E-state index in [-0.39, 0.29) is 24.4 Å². The molecule has 0 aliphatic rings. The number of rotatable bonds is 7. The van der Waals surface area contributed by atoms with Gasteiger partial charge in [-0.25, -0.2) is 8.78 Å². The largest absolute Gasteiger partial charge is 0.493 e. The maximum absolute atomic E-state index is 13.2. The lowest BCUT2D eigenvalue weighted by Crippen LogP contribution is -2.29. The quantitative estimate of drug-likeness (QED) is 0.804. The molecule has 0 saturated heterocycles. The van der Waals surface area contributed by atoms with Gasteiger partial charge in [0.25, 0.3) is 0 Å². The minimum atomic E-state index is -1.13. The van der Waals surface area contributed by atoms with Crippen LogP contribution in [-0.2, 0) is 11.2 Å². The Hall–Kier alpha value is -2.67. The van der Waals surface area contributed by atoms with Gasteiger partial charge < -0.3 is 19.9 Å². The smallest absolute Gasteiger partial charge is 0.224 e. The summed E-state index contributed by atoms with van der Waals surface area (Å²) < 4.78 is 36.4. The van der Waals surface area contributed by atoms with E-state index in [2.05, 4.69) is 5.32 Å². The number of hydrogen-bond donors (Lipinski definition) is 2. The van der Waals surface area contributed by atoms with Crippen molar-refractivity contribution in [2.24, 2.45) is 0 Å². The van der Waals surface area contributed by atoms with Crippen molar-refractivity contribution in [1.82, 2.24) is 5.32 Å². The fraction of sp³-hybridized carbons (Fsp3) is 0.278. The highest BCUT2D eigenvalue weighted by atomic mass is 19.2. The molecule has 0 fully saturated rings. The van der Waals surface area contributed by atoms with Crippen LogP contribution in [0.2, 0.25) is 0 Å². The first kappa shape index (κ1) is 18.7. The van der Waals surface area contributed by atoms with Crippen molar-refractivity contribution >= 4 is 5.91 Å². The van der Waals surface area contributed by atoms with Gasteiger partial charge in [-0.05, 0) is 35.4 Å². The Morgan fingerprint density at radius 1 is 1.08 bits per heavy atom. The van der Waals surface area contributed by atoms with Gasteiger partial charge in [0.2, 0.25) is 5.91 Å². The molecule has 2 rings (SSSR count). The molecule has 2 N–H and O–H groups in total. The van der Waals surface area contributed by atoms with Crippen LogP contribution in [0.1, 0.15) is 17.2 Å². The van der Waals surface area contributed by atoms with Crippen LogP contribution >= 0.6 is 0 Å². The summed E-state index contributed by atoms with van der Waals surface area (Å²) in [6.45, 7) is -0.114. The summed E-state index contributed by atoms with van der Waals surface area (Å²) in [5.41, 5.74) is 0.891. The average Bonchev–Trinajstić information content (AvgIpc) is 2.61. The number of aliphatic hydroxyl groups is 1. The molecule has 0 aromatic heterocycles. The second kappa shape index (κ2) is 8.43. The van der Waals surface area contributed by atoms with E-state index in [1.165, 1.54) is 20.3 Å². The monoisotopic (exact) mass is 351 g/mol. The molecule has 134 valence electrons. The third-order valence-corrected chi connectivity index (χ3v) is 3.63. The Kier molecular flexibility index (Phi) is 6.30. The zero-order chi connectivity index (χ0) is 18.4. The summed E-state index contributed by atoms with van der Waals surface area (Å²) in [7, 11) is 3.02. The number of ether oxygens (including phenoxy) is 2. The Bertz CT molecular complexity index is 752. The van der Waals surface area contributed by atoms with Crippen molar-refractivity contribution in [2.75, 3.05) is 20.8 Å². The summed E-state index contributed by atoms with van der Waals surface area (Å²) in [4.78, 5) is 12.0. The van der Waals surface area contributed by atoms with Crippen LogP contribution < -0.4 is 14.8 Å². The van der Waals surface area contributed by atoms with Crippen LogP contribution in [0.3, 0.4) is 0 Å². The van der Waals surface area contributed by atoms with Crippen molar-refractivity contribution in [2.45, 2.75) is 12.5 Å². The molecule has 0 bridgehead atoms. The van der Waals surface area contributed by atoms with Crippen LogP contribution in [-0.4, -0.2) is 31.8 Å². The molecule has 1 amide bonds. The Morgan fingerprint density at radius 3 is 2.44 bits per heavy atom. The highest BCUT2D eigenvalue weighted by Crippen LogP contribution is 2.27. The van der Waals surface area contributed by atoms with Crippen molar-refractivity contribution in [3.8, 4) is 11.5 Å². The summed E-state index contributed by atoms with van der Waals surface area (Å²) >= 11 is 0. The van der Waals surface area contributed by atoms with Gasteiger partial charge in [-0.2, -0.15) is 0 Å². The maximum atomic E-state index is 13.2. The molecule has 2 aromatic carbocycles. The molecule has 0 spiro atoms.